The molecule has 4 aromatic rings. The molecule has 5 rings (SSSR count). The van der Waals surface area contributed by atoms with Crippen LogP contribution in [0.25, 0.3) is 22.4 Å². The van der Waals surface area contributed by atoms with Gasteiger partial charge in [-0.15, -0.1) is 0 Å². The molecule has 0 radical (unpaired) electrons. The summed E-state index contributed by atoms with van der Waals surface area (Å²) in [6.45, 7) is 5.46. The van der Waals surface area contributed by atoms with Gasteiger partial charge in [0, 0.05) is 41.9 Å². The molecule has 158 valence electrons. The molecule has 1 aliphatic rings. The van der Waals surface area contributed by atoms with Crippen LogP contribution in [0.4, 0.5) is 0 Å². The second kappa shape index (κ2) is 7.63. The van der Waals surface area contributed by atoms with E-state index < -0.39 is 6.10 Å². The summed E-state index contributed by atoms with van der Waals surface area (Å²) >= 11 is 0. The summed E-state index contributed by atoms with van der Waals surface area (Å²) in [5.74, 6) is 0.728. The average molecular weight is 417 g/mol. The minimum atomic E-state index is -0.466. The molecule has 1 amide bonds. The van der Waals surface area contributed by atoms with E-state index in [1.165, 1.54) is 11.3 Å². The topological polar surface area (TPSA) is 86.3 Å². The van der Waals surface area contributed by atoms with Gasteiger partial charge in [-0.1, -0.05) is 11.2 Å². The number of morpholine rings is 1. The molecule has 0 spiro atoms. The first-order valence-corrected chi connectivity index (χ1v) is 10.2. The molecule has 4 heterocycles. The highest BCUT2D eigenvalue weighted by Crippen LogP contribution is 2.27. The zero-order valence-corrected chi connectivity index (χ0v) is 17.7. The number of ether oxygens (including phenoxy) is 1. The Morgan fingerprint density at radius 1 is 1.19 bits per heavy atom. The molecule has 31 heavy (non-hydrogen) atoms. The quantitative estimate of drug-likeness (QED) is 0.507. The fraction of sp³-hybridized carbons (Fsp3) is 0.304. The van der Waals surface area contributed by atoms with Gasteiger partial charge in [-0.3, -0.25) is 9.78 Å². The first-order chi connectivity index (χ1) is 15.0. The fourth-order valence-corrected chi connectivity index (χ4v) is 4.02. The molecule has 1 fully saturated rings. The lowest BCUT2D eigenvalue weighted by atomic mass is 10.1. The highest BCUT2D eigenvalue weighted by molar-refractivity contribution is 5.99. The van der Waals surface area contributed by atoms with Gasteiger partial charge < -0.3 is 18.7 Å². The molecule has 0 saturated carbocycles. The number of carbonyl (C=O) groups excluding carboxylic acids is 1. The summed E-state index contributed by atoms with van der Waals surface area (Å²) < 4.78 is 13.4. The molecule has 1 atom stereocenters. The lowest BCUT2D eigenvalue weighted by molar-refractivity contribution is -0.0367. The van der Waals surface area contributed by atoms with Crippen LogP contribution < -0.4 is 0 Å². The van der Waals surface area contributed by atoms with Gasteiger partial charge in [-0.05, 0) is 49.7 Å². The SMILES string of the molecule is Cc1c(C)n(C)c2ccc(C(=O)N3CCOC(c4nc(-c5ccccn5)no4)C3)cc12. The van der Waals surface area contributed by atoms with E-state index in [0.717, 1.165) is 10.9 Å². The Morgan fingerprint density at radius 3 is 2.87 bits per heavy atom. The van der Waals surface area contributed by atoms with E-state index in [9.17, 15) is 4.79 Å². The molecule has 1 saturated heterocycles. The van der Waals surface area contributed by atoms with E-state index >= 15 is 0 Å². The van der Waals surface area contributed by atoms with Crippen molar-refractivity contribution in [1.29, 1.82) is 0 Å². The van der Waals surface area contributed by atoms with Gasteiger partial charge in [0.2, 0.25) is 5.82 Å². The Hall–Kier alpha value is -3.52. The number of rotatable bonds is 3. The number of hydrogen-bond acceptors (Lipinski definition) is 6. The van der Waals surface area contributed by atoms with Gasteiger partial charge in [0.05, 0.1) is 13.2 Å². The Kier molecular flexibility index (Phi) is 4.78. The molecule has 0 N–H and O–H groups in total. The molecule has 8 nitrogen and oxygen atoms in total. The van der Waals surface area contributed by atoms with E-state index in [2.05, 4.69) is 33.5 Å². The molecule has 8 heteroatoms. The zero-order valence-electron chi connectivity index (χ0n) is 17.7. The largest absolute Gasteiger partial charge is 0.365 e. The minimum Gasteiger partial charge on any atom is -0.365 e. The average Bonchev–Trinajstić information content (AvgIpc) is 3.40. The molecule has 0 aliphatic carbocycles. The Balaban J connectivity index is 1.37. The van der Waals surface area contributed by atoms with Crippen molar-refractivity contribution in [3.05, 3.63) is 65.3 Å². The van der Waals surface area contributed by atoms with E-state index in [4.69, 9.17) is 9.26 Å². The fourth-order valence-electron chi connectivity index (χ4n) is 4.02. The molecular weight excluding hydrogens is 394 g/mol. The molecule has 1 unspecified atom stereocenters. The molecule has 1 aliphatic heterocycles. The van der Waals surface area contributed by atoms with Crippen LogP contribution in [0.15, 0.2) is 47.1 Å². The van der Waals surface area contributed by atoms with Crippen molar-refractivity contribution in [2.75, 3.05) is 19.7 Å². The lowest BCUT2D eigenvalue weighted by Crippen LogP contribution is -2.42. The van der Waals surface area contributed by atoms with E-state index in [1.54, 1.807) is 11.1 Å². The first-order valence-electron chi connectivity index (χ1n) is 10.2. The molecule has 1 aromatic carbocycles. The smallest absolute Gasteiger partial charge is 0.257 e. The number of aryl methyl sites for hydroxylation is 2. The second-order valence-electron chi connectivity index (χ2n) is 7.78. The molecule has 0 bridgehead atoms. The predicted octanol–water partition coefficient (Wildman–Crippen LogP) is 3.45. The van der Waals surface area contributed by atoms with Crippen LogP contribution in [0.2, 0.25) is 0 Å². The van der Waals surface area contributed by atoms with Crippen LogP contribution in [0, 0.1) is 13.8 Å². The van der Waals surface area contributed by atoms with Crippen molar-refractivity contribution >= 4 is 16.8 Å². The summed E-state index contributed by atoms with van der Waals surface area (Å²) in [6, 6.07) is 11.4. The van der Waals surface area contributed by atoms with Crippen molar-refractivity contribution in [3.8, 4) is 11.5 Å². The Labute approximate surface area is 179 Å². The summed E-state index contributed by atoms with van der Waals surface area (Å²) in [5, 5.41) is 5.11. The number of hydrogen-bond donors (Lipinski definition) is 0. The van der Waals surface area contributed by atoms with Gasteiger partial charge in [0.1, 0.15) is 5.69 Å². The van der Waals surface area contributed by atoms with Crippen molar-refractivity contribution in [2.45, 2.75) is 20.0 Å². The summed E-state index contributed by atoms with van der Waals surface area (Å²) in [5.41, 5.74) is 4.81. The number of fused-ring (bicyclic) bond motifs is 1. The van der Waals surface area contributed by atoms with Crippen molar-refractivity contribution in [1.82, 2.24) is 24.6 Å². The predicted molar refractivity (Wildman–Crippen MR) is 115 cm³/mol. The van der Waals surface area contributed by atoms with Gasteiger partial charge >= 0.3 is 0 Å². The summed E-state index contributed by atoms with van der Waals surface area (Å²) in [6.07, 6.45) is 1.21. The Bertz CT molecular complexity index is 1260. The first kappa shape index (κ1) is 19.4. The third-order valence-electron chi connectivity index (χ3n) is 6.02. The number of pyridine rings is 1. The number of nitrogens with zero attached hydrogens (tertiary/aromatic N) is 5. The maximum absolute atomic E-state index is 13.2. The van der Waals surface area contributed by atoms with Crippen LogP contribution in [0.5, 0.6) is 0 Å². The van der Waals surface area contributed by atoms with Gasteiger partial charge in [-0.25, -0.2) is 0 Å². The molecule has 3 aromatic heterocycles. The Morgan fingerprint density at radius 2 is 2.06 bits per heavy atom. The van der Waals surface area contributed by atoms with Crippen LogP contribution in [-0.2, 0) is 11.8 Å². The summed E-state index contributed by atoms with van der Waals surface area (Å²) in [7, 11) is 2.04. The third-order valence-corrected chi connectivity index (χ3v) is 6.02. The number of benzene rings is 1. The highest BCUT2D eigenvalue weighted by Gasteiger charge is 2.30. The highest BCUT2D eigenvalue weighted by atomic mass is 16.5. The maximum Gasteiger partial charge on any atom is 0.257 e. The van der Waals surface area contributed by atoms with Crippen LogP contribution >= 0.6 is 0 Å². The van der Waals surface area contributed by atoms with Crippen molar-refractivity contribution in [2.24, 2.45) is 7.05 Å². The number of aromatic nitrogens is 4. The van der Waals surface area contributed by atoms with Crippen molar-refractivity contribution < 1.29 is 14.1 Å². The third kappa shape index (κ3) is 3.38. The van der Waals surface area contributed by atoms with Gasteiger partial charge in [0.25, 0.3) is 11.8 Å². The monoisotopic (exact) mass is 417 g/mol. The summed E-state index contributed by atoms with van der Waals surface area (Å²) in [4.78, 5) is 23.7. The minimum absolute atomic E-state index is 0.0272. The van der Waals surface area contributed by atoms with Crippen LogP contribution in [-0.4, -0.2) is 50.2 Å². The zero-order chi connectivity index (χ0) is 21.5. The normalized spacial score (nSPS) is 16.7. The van der Waals surface area contributed by atoms with Crippen molar-refractivity contribution in [3.63, 3.8) is 0 Å². The van der Waals surface area contributed by atoms with Crippen LogP contribution in [0.3, 0.4) is 0 Å². The van der Waals surface area contributed by atoms with Crippen LogP contribution in [0.1, 0.15) is 33.6 Å². The second-order valence-corrected chi connectivity index (χ2v) is 7.78. The van der Waals surface area contributed by atoms with Gasteiger partial charge in [0.15, 0.2) is 6.10 Å². The maximum atomic E-state index is 13.2. The standard InChI is InChI=1S/C23H23N5O3/c1-14-15(2)27(3)19-8-7-16(12-17(14)19)23(29)28-10-11-30-20(13-28)22-25-21(26-31-22)18-6-4-5-9-24-18/h4-9,12,20H,10-11,13H2,1-3H3. The number of carbonyl (C=O) groups is 1. The number of amides is 1. The van der Waals surface area contributed by atoms with E-state index in [1.807, 2.05) is 43.4 Å². The van der Waals surface area contributed by atoms with E-state index in [-0.39, 0.29) is 5.91 Å². The molecular formula is C23H23N5O3. The van der Waals surface area contributed by atoms with Gasteiger partial charge in [-0.2, -0.15) is 4.98 Å². The van der Waals surface area contributed by atoms with E-state index in [0.29, 0.717) is 42.7 Å². The lowest BCUT2D eigenvalue weighted by Gasteiger charge is -2.31.